The van der Waals surface area contributed by atoms with Gasteiger partial charge in [0.25, 0.3) is 0 Å². The molecule has 110 valence electrons. The molecule has 0 bridgehead atoms. The molecule has 1 fully saturated rings. The van der Waals surface area contributed by atoms with Crippen LogP contribution in [0.1, 0.15) is 52.9 Å². The molecule has 2 unspecified atom stereocenters. The van der Waals surface area contributed by atoms with Crippen molar-refractivity contribution in [1.29, 1.82) is 0 Å². The fourth-order valence-corrected chi connectivity index (χ4v) is 2.50. The van der Waals surface area contributed by atoms with Crippen molar-refractivity contribution in [2.75, 3.05) is 13.1 Å². The molecule has 0 aromatic carbocycles. The molecule has 5 nitrogen and oxygen atoms in total. The Balaban J connectivity index is 2.63. The summed E-state index contributed by atoms with van der Waals surface area (Å²) in [6, 6.07) is -0.243. The zero-order valence-electron chi connectivity index (χ0n) is 12.2. The highest BCUT2D eigenvalue weighted by Crippen LogP contribution is 2.18. The molecular formula is C14H26N2O3. The lowest BCUT2D eigenvalue weighted by Gasteiger charge is -2.30. The standard InChI is InChI=1S/C14H26N2O3/c1-4-8-14(3,12(17)18)15-13(19)16-9-5-6-11(2)7-10-16/h11H,4-10H2,1-3H3,(H,15,19)(H,17,18). The number of rotatable bonds is 4. The number of carboxylic acids is 1. The summed E-state index contributed by atoms with van der Waals surface area (Å²) in [6.45, 7) is 7.13. The molecule has 1 aliphatic heterocycles. The van der Waals surface area contributed by atoms with Crippen LogP contribution in [0.25, 0.3) is 0 Å². The maximum atomic E-state index is 12.2. The number of carboxylic acid groups (broad SMARTS) is 1. The molecule has 1 heterocycles. The summed E-state index contributed by atoms with van der Waals surface area (Å²) in [5.41, 5.74) is -1.16. The summed E-state index contributed by atoms with van der Waals surface area (Å²) in [5.74, 6) is -0.329. The second kappa shape index (κ2) is 6.78. The molecule has 0 aliphatic carbocycles. The van der Waals surface area contributed by atoms with Crippen molar-refractivity contribution in [2.45, 2.75) is 58.4 Å². The highest BCUT2D eigenvalue weighted by molar-refractivity contribution is 5.85. The lowest BCUT2D eigenvalue weighted by molar-refractivity contribution is -0.144. The van der Waals surface area contributed by atoms with E-state index < -0.39 is 11.5 Å². The van der Waals surface area contributed by atoms with Gasteiger partial charge < -0.3 is 15.3 Å². The van der Waals surface area contributed by atoms with E-state index in [9.17, 15) is 14.7 Å². The van der Waals surface area contributed by atoms with Gasteiger partial charge in [0, 0.05) is 13.1 Å². The Morgan fingerprint density at radius 3 is 2.63 bits per heavy atom. The highest BCUT2D eigenvalue weighted by Gasteiger charge is 2.35. The van der Waals surface area contributed by atoms with Gasteiger partial charge in [0.15, 0.2) is 0 Å². The van der Waals surface area contributed by atoms with Gasteiger partial charge in [-0.15, -0.1) is 0 Å². The minimum Gasteiger partial charge on any atom is -0.480 e. The minimum atomic E-state index is -1.16. The van der Waals surface area contributed by atoms with Gasteiger partial charge in [0.2, 0.25) is 0 Å². The topological polar surface area (TPSA) is 69.6 Å². The maximum Gasteiger partial charge on any atom is 0.329 e. The number of hydrogen-bond donors (Lipinski definition) is 2. The van der Waals surface area contributed by atoms with Gasteiger partial charge in [-0.2, -0.15) is 0 Å². The molecule has 0 saturated carbocycles. The Labute approximate surface area is 115 Å². The van der Waals surface area contributed by atoms with E-state index in [0.717, 1.165) is 38.8 Å². The van der Waals surface area contributed by atoms with Crippen LogP contribution in [-0.4, -0.2) is 40.6 Å². The first-order valence-electron chi connectivity index (χ1n) is 7.19. The predicted octanol–water partition coefficient (Wildman–Crippen LogP) is 2.46. The fraction of sp³-hybridized carbons (Fsp3) is 0.857. The number of carbonyl (C=O) groups is 2. The Hall–Kier alpha value is -1.26. The van der Waals surface area contributed by atoms with Crippen LogP contribution in [0.3, 0.4) is 0 Å². The van der Waals surface area contributed by atoms with E-state index >= 15 is 0 Å². The van der Waals surface area contributed by atoms with E-state index in [-0.39, 0.29) is 6.03 Å². The first-order valence-corrected chi connectivity index (χ1v) is 7.19. The zero-order chi connectivity index (χ0) is 14.5. The average Bonchev–Trinajstić information content (AvgIpc) is 2.54. The molecule has 2 N–H and O–H groups in total. The van der Waals surface area contributed by atoms with Crippen molar-refractivity contribution in [3.8, 4) is 0 Å². The third kappa shape index (κ3) is 4.40. The van der Waals surface area contributed by atoms with Gasteiger partial charge in [0.05, 0.1) is 0 Å². The number of nitrogens with zero attached hydrogens (tertiary/aromatic N) is 1. The van der Waals surface area contributed by atoms with Crippen molar-refractivity contribution < 1.29 is 14.7 Å². The van der Waals surface area contributed by atoms with Crippen LogP contribution in [0, 0.1) is 5.92 Å². The van der Waals surface area contributed by atoms with Crippen LogP contribution in [0.2, 0.25) is 0 Å². The highest BCUT2D eigenvalue weighted by atomic mass is 16.4. The van der Waals surface area contributed by atoms with Crippen molar-refractivity contribution >= 4 is 12.0 Å². The van der Waals surface area contributed by atoms with Crippen LogP contribution in [-0.2, 0) is 4.79 Å². The smallest absolute Gasteiger partial charge is 0.329 e. The number of urea groups is 1. The largest absolute Gasteiger partial charge is 0.480 e. The summed E-state index contributed by atoms with van der Waals surface area (Å²) < 4.78 is 0. The van der Waals surface area contributed by atoms with E-state index in [1.165, 1.54) is 0 Å². The van der Waals surface area contributed by atoms with Gasteiger partial charge in [-0.25, -0.2) is 9.59 Å². The Morgan fingerprint density at radius 2 is 2.05 bits per heavy atom. The van der Waals surface area contributed by atoms with Crippen LogP contribution in [0.15, 0.2) is 0 Å². The van der Waals surface area contributed by atoms with E-state index in [0.29, 0.717) is 12.3 Å². The van der Waals surface area contributed by atoms with Gasteiger partial charge in [-0.3, -0.25) is 0 Å². The third-order valence-corrected chi connectivity index (χ3v) is 3.91. The molecule has 0 radical (unpaired) electrons. The summed E-state index contributed by atoms with van der Waals surface area (Å²) >= 11 is 0. The van der Waals surface area contributed by atoms with Crippen LogP contribution in [0.4, 0.5) is 4.79 Å². The molecule has 2 atom stereocenters. The second-order valence-electron chi connectivity index (χ2n) is 5.84. The van der Waals surface area contributed by atoms with E-state index in [2.05, 4.69) is 12.2 Å². The average molecular weight is 270 g/mol. The second-order valence-corrected chi connectivity index (χ2v) is 5.84. The van der Waals surface area contributed by atoms with Gasteiger partial charge >= 0.3 is 12.0 Å². The van der Waals surface area contributed by atoms with Crippen LogP contribution >= 0.6 is 0 Å². The molecule has 19 heavy (non-hydrogen) atoms. The summed E-state index contributed by atoms with van der Waals surface area (Å²) in [5, 5.41) is 12.0. The van der Waals surface area contributed by atoms with Gasteiger partial charge in [-0.1, -0.05) is 20.3 Å². The number of carbonyl (C=O) groups excluding carboxylic acids is 1. The maximum absolute atomic E-state index is 12.2. The van der Waals surface area contributed by atoms with E-state index in [4.69, 9.17) is 0 Å². The van der Waals surface area contributed by atoms with Crippen molar-refractivity contribution in [1.82, 2.24) is 10.2 Å². The van der Waals surface area contributed by atoms with E-state index in [1.807, 2.05) is 6.92 Å². The Kier molecular flexibility index (Phi) is 5.63. The van der Waals surface area contributed by atoms with Crippen molar-refractivity contribution in [2.24, 2.45) is 5.92 Å². The molecule has 0 aromatic heterocycles. The number of nitrogens with one attached hydrogen (secondary N) is 1. The Morgan fingerprint density at radius 1 is 1.37 bits per heavy atom. The molecular weight excluding hydrogens is 244 g/mol. The number of aliphatic carboxylic acids is 1. The monoisotopic (exact) mass is 270 g/mol. The molecule has 2 amide bonds. The zero-order valence-corrected chi connectivity index (χ0v) is 12.2. The molecule has 0 spiro atoms. The summed E-state index contributed by atoms with van der Waals surface area (Å²) in [7, 11) is 0. The first-order chi connectivity index (χ1) is 8.89. The molecule has 1 rings (SSSR count). The third-order valence-electron chi connectivity index (χ3n) is 3.91. The normalized spacial score (nSPS) is 23.3. The van der Waals surface area contributed by atoms with Gasteiger partial charge in [-0.05, 0) is 38.5 Å². The fourth-order valence-electron chi connectivity index (χ4n) is 2.50. The number of amides is 2. The predicted molar refractivity (Wildman–Crippen MR) is 74.1 cm³/mol. The SMILES string of the molecule is CCCC(C)(NC(=O)N1CCCC(C)CC1)C(=O)O. The molecule has 0 aromatic rings. The lowest BCUT2D eigenvalue weighted by atomic mass is 9.96. The van der Waals surface area contributed by atoms with E-state index in [1.54, 1.807) is 11.8 Å². The summed E-state index contributed by atoms with van der Waals surface area (Å²) in [4.78, 5) is 25.3. The number of likely N-dealkylation sites (tertiary alicyclic amines) is 1. The van der Waals surface area contributed by atoms with Crippen LogP contribution in [0.5, 0.6) is 0 Å². The van der Waals surface area contributed by atoms with Gasteiger partial charge in [0.1, 0.15) is 5.54 Å². The molecule has 5 heteroatoms. The molecule has 1 saturated heterocycles. The quantitative estimate of drug-likeness (QED) is 0.824. The lowest BCUT2D eigenvalue weighted by Crippen LogP contribution is -2.56. The number of hydrogen-bond acceptors (Lipinski definition) is 2. The first kappa shape index (κ1) is 15.8. The molecule has 1 aliphatic rings. The van der Waals surface area contributed by atoms with Crippen molar-refractivity contribution in [3.63, 3.8) is 0 Å². The van der Waals surface area contributed by atoms with Crippen LogP contribution < -0.4 is 5.32 Å². The van der Waals surface area contributed by atoms with Crippen molar-refractivity contribution in [3.05, 3.63) is 0 Å². The Bertz CT molecular complexity index is 333. The summed E-state index contributed by atoms with van der Waals surface area (Å²) in [6.07, 6.45) is 4.28. The minimum absolute atomic E-state index is 0.243.